The van der Waals surface area contributed by atoms with Crippen LogP contribution >= 0.6 is 0 Å². The number of nitrogens with zero attached hydrogens (tertiary/aromatic N) is 1. The van der Waals surface area contributed by atoms with Crippen molar-refractivity contribution in [1.29, 1.82) is 0 Å². The lowest BCUT2D eigenvalue weighted by molar-refractivity contribution is -0.140. The van der Waals surface area contributed by atoms with Gasteiger partial charge in [0.2, 0.25) is 10.0 Å². The zero-order valence-electron chi connectivity index (χ0n) is 9.10. The van der Waals surface area contributed by atoms with Gasteiger partial charge in [-0.2, -0.15) is 0 Å². The van der Waals surface area contributed by atoms with E-state index in [0.29, 0.717) is 19.5 Å². The number of hydrogen-bond acceptors (Lipinski definition) is 5. The minimum Gasteiger partial charge on any atom is -0.465 e. The molecule has 0 aliphatic rings. The molecule has 7 heteroatoms. The molecule has 0 unspecified atom stereocenters. The van der Waals surface area contributed by atoms with E-state index >= 15 is 0 Å². The molecule has 0 rings (SSSR count). The van der Waals surface area contributed by atoms with Gasteiger partial charge in [0.1, 0.15) is 0 Å². The molecule has 0 heterocycles. The van der Waals surface area contributed by atoms with E-state index in [1.54, 1.807) is 6.92 Å². The lowest BCUT2D eigenvalue weighted by Crippen LogP contribution is -2.34. The van der Waals surface area contributed by atoms with E-state index in [2.05, 4.69) is 4.74 Å². The summed E-state index contributed by atoms with van der Waals surface area (Å²) in [6, 6.07) is 0. The molecule has 0 radical (unpaired) electrons. The molecule has 90 valence electrons. The van der Waals surface area contributed by atoms with Crippen LogP contribution in [0.4, 0.5) is 0 Å². The lowest BCUT2D eigenvalue weighted by Gasteiger charge is -2.15. The van der Waals surface area contributed by atoms with Crippen molar-refractivity contribution >= 4 is 16.0 Å². The summed E-state index contributed by atoms with van der Waals surface area (Å²) in [6.07, 6.45) is 0.568. The first-order valence-electron chi connectivity index (χ1n) is 4.73. The van der Waals surface area contributed by atoms with Gasteiger partial charge in [-0.3, -0.25) is 4.79 Å². The number of nitrogens with two attached hydrogens (primary N) is 1. The number of carbonyl (C=O) groups excluding carboxylic acids is 1. The molecule has 15 heavy (non-hydrogen) atoms. The van der Waals surface area contributed by atoms with Crippen LogP contribution in [-0.4, -0.2) is 51.2 Å². The maximum atomic E-state index is 11.5. The summed E-state index contributed by atoms with van der Waals surface area (Å²) in [4.78, 5) is 11.0. The van der Waals surface area contributed by atoms with Crippen molar-refractivity contribution in [1.82, 2.24) is 4.31 Å². The Morgan fingerprint density at radius 2 is 2.07 bits per heavy atom. The minimum absolute atomic E-state index is 0.181. The van der Waals surface area contributed by atoms with Gasteiger partial charge in [0.05, 0.1) is 6.61 Å². The highest BCUT2D eigenvalue weighted by molar-refractivity contribution is 7.89. The lowest BCUT2D eigenvalue weighted by atomic mass is 10.4. The zero-order chi connectivity index (χ0) is 11.9. The Hall–Kier alpha value is -0.660. The molecule has 0 spiro atoms. The van der Waals surface area contributed by atoms with E-state index in [0.717, 1.165) is 4.31 Å². The van der Waals surface area contributed by atoms with Gasteiger partial charge >= 0.3 is 5.97 Å². The maximum absolute atomic E-state index is 11.5. The first kappa shape index (κ1) is 14.3. The molecule has 0 saturated heterocycles. The van der Waals surface area contributed by atoms with Crippen LogP contribution in [0, 0.1) is 0 Å². The monoisotopic (exact) mass is 238 g/mol. The van der Waals surface area contributed by atoms with Crippen LogP contribution in [-0.2, 0) is 19.6 Å². The first-order valence-corrected chi connectivity index (χ1v) is 6.34. The van der Waals surface area contributed by atoms with Gasteiger partial charge in [-0.15, -0.1) is 0 Å². The van der Waals surface area contributed by atoms with Crippen LogP contribution in [0.5, 0.6) is 0 Å². The molecule has 0 bridgehead atoms. The Morgan fingerprint density at radius 3 is 2.53 bits per heavy atom. The SMILES string of the molecule is CCOC(=O)CS(=O)(=O)N(C)CCCN. The Kier molecular flexibility index (Phi) is 6.46. The summed E-state index contributed by atoms with van der Waals surface area (Å²) in [5.74, 6) is -1.33. The molecule has 2 N–H and O–H groups in total. The third-order valence-corrected chi connectivity index (χ3v) is 3.49. The van der Waals surface area contributed by atoms with Crippen LogP contribution in [0.1, 0.15) is 13.3 Å². The van der Waals surface area contributed by atoms with E-state index in [9.17, 15) is 13.2 Å². The fourth-order valence-electron chi connectivity index (χ4n) is 0.915. The summed E-state index contributed by atoms with van der Waals surface area (Å²) in [6.45, 7) is 2.54. The summed E-state index contributed by atoms with van der Waals surface area (Å²) < 4.78 is 28.7. The Bertz CT molecular complexity index is 289. The average Bonchev–Trinajstić information content (AvgIpc) is 2.13. The number of ether oxygens (including phenoxy) is 1. The van der Waals surface area contributed by atoms with Crippen LogP contribution < -0.4 is 5.73 Å². The standard InChI is InChI=1S/C8H18N2O4S/c1-3-14-8(11)7-15(12,13)10(2)6-4-5-9/h3-7,9H2,1-2H3. The van der Waals surface area contributed by atoms with Gasteiger partial charge in [0, 0.05) is 13.6 Å². The van der Waals surface area contributed by atoms with Crippen molar-refractivity contribution < 1.29 is 17.9 Å². The quantitative estimate of drug-likeness (QED) is 0.584. The molecule has 0 aromatic carbocycles. The van der Waals surface area contributed by atoms with Crippen molar-refractivity contribution in [2.45, 2.75) is 13.3 Å². The molecule has 6 nitrogen and oxygen atoms in total. The minimum atomic E-state index is -3.55. The van der Waals surface area contributed by atoms with Crippen LogP contribution in [0.2, 0.25) is 0 Å². The molecular weight excluding hydrogens is 220 g/mol. The van der Waals surface area contributed by atoms with Gasteiger partial charge < -0.3 is 10.5 Å². The van der Waals surface area contributed by atoms with Crippen molar-refractivity contribution in [2.24, 2.45) is 5.73 Å². The van der Waals surface area contributed by atoms with E-state index < -0.39 is 21.7 Å². The smallest absolute Gasteiger partial charge is 0.322 e. The molecule has 0 aromatic heterocycles. The zero-order valence-corrected chi connectivity index (χ0v) is 9.92. The molecule has 0 aromatic rings. The number of esters is 1. The van der Waals surface area contributed by atoms with Gasteiger partial charge in [0.15, 0.2) is 5.75 Å². The Morgan fingerprint density at radius 1 is 1.47 bits per heavy atom. The number of sulfonamides is 1. The van der Waals surface area contributed by atoms with Crippen LogP contribution in [0.3, 0.4) is 0 Å². The van der Waals surface area contributed by atoms with Crippen molar-refractivity contribution in [3.63, 3.8) is 0 Å². The Labute approximate surface area is 90.4 Å². The van der Waals surface area contributed by atoms with Gasteiger partial charge in [-0.05, 0) is 19.9 Å². The molecule has 0 fully saturated rings. The average molecular weight is 238 g/mol. The number of rotatable bonds is 7. The first-order chi connectivity index (χ1) is 6.94. The maximum Gasteiger partial charge on any atom is 0.322 e. The summed E-state index contributed by atoms with van der Waals surface area (Å²) in [5, 5.41) is 0. The normalized spacial score (nSPS) is 11.7. The van der Waals surface area contributed by atoms with Crippen LogP contribution in [0.15, 0.2) is 0 Å². The van der Waals surface area contributed by atoms with E-state index in [1.165, 1.54) is 7.05 Å². The molecular formula is C8H18N2O4S. The van der Waals surface area contributed by atoms with E-state index in [1.807, 2.05) is 0 Å². The van der Waals surface area contributed by atoms with Gasteiger partial charge in [0.25, 0.3) is 0 Å². The number of hydrogen-bond donors (Lipinski definition) is 1. The molecule has 0 aliphatic carbocycles. The molecule has 0 amide bonds. The van der Waals surface area contributed by atoms with Crippen molar-refractivity contribution in [2.75, 3.05) is 32.5 Å². The van der Waals surface area contributed by atoms with Crippen LogP contribution in [0.25, 0.3) is 0 Å². The predicted octanol–water partition coefficient (Wildman–Crippen LogP) is -0.840. The van der Waals surface area contributed by atoms with Gasteiger partial charge in [-0.25, -0.2) is 12.7 Å². The third kappa shape index (κ3) is 5.71. The van der Waals surface area contributed by atoms with Crippen molar-refractivity contribution in [3.8, 4) is 0 Å². The van der Waals surface area contributed by atoms with E-state index in [-0.39, 0.29) is 6.61 Å². The highest BCUT2D eigenvalue weighted by Gasteiger charge is 2.22. The fourth-order valence-corrected chi connectivity index (χ4v) is 1.92. The summed E-state index contributed by atoms with van der Waals surface area (Å²) in [5.41, 5.74) is 5.26. The number of carbonyl (C=O) groups is 1. The molecule has 0 saturated carbocycles. The van der Waals surface area contributed by atoms with Gasteiger partial charge in [-0.1, -0.05) is 0 Å². The summed E-state index contributed by atoms with van der Waals surface area (Å²) >= 11 is 0. The largest absolute Gasteiger partial charge is 0.465 e. The second-order valence-corrected chi connectivity index (χ2v) is 5.10. The third-order valence-electron chi connectivity index (χ3n) is 1.76. The van der Waals surface area contributed by atoms with E-state index in [4.69, 9.17) is 5.73 Å². The fraction of sp³-hybridized carbons (Fsp3) is 0.875. The highest BCUT2D eigenvalue weighted by Crippen LogP contribution is 2.00. The highest BCUT2D eigenvalue weighted by atomic mass is 32.2. The second-order valence-electron chi connectivity index (χ2n) is 3.03. The predicted molar refractivity (Wildman–Crippen MR) is 56.7 cm³/mol. The molecule has 0 aliphatic heterocycles. The van der Waals surface area contributed by atoms with Crippen molar-refractivity contribution in [3.05, 3.63) is 0 Å². The Balaban J connectivity index is 4.22. The second kappa shape index (κ2) is 6.76. The topological polar surface area (TPSA) is 89.7 Å². The molecule has 0 atom stereocenters. The summed E-state index contributed by atoms with van der Waals surface area (Å²) in [7, 11) is -2.13.